The third-order valence-electron chi connectivity index (χ3n) is 2.43. The van der Waals surface area contributed by atoms with Gasteiger partial charge in [0, 0.05) is 5.56 Å². The fourth-order valence-corrected chi connectivity index (χ4v) is 1.60. The van der Waals surface area contributed by atoms with E-state index in [1.165, 1.54) is 6.42 Å². The summed E-state index contributed by atoms with van der Waals surface area (Å²) in [6.07, 6.45) is 6.58. The van der Waals surface area contributed by atoms with Crippen LogP contribution in [0.15, 0.2) is 30.3 Å². The van der Waals surface area contributed by atoms with E-state index in [0.717, 1.165) is 30.8 Å². The van der Waals surface area contributed by atoms with Crippen LogP contribution in [0.3, 0.4) is 0 Å². The lowest BCUT2D eigenvalue weighted by atomic mass is 10.2. The van der Waals surface area contributed by atoms with Gasteiger partial charge in [-0.3, -0.25) is 0 Å². The van der Waals surface area contributed by atoms with Crippen LogP contribution in [0.5, 0.6) is 5.75 Å². The maximum atomic E-state index is 5.57. The van der Waals surface area contributed by atoms with E-state index in [2.05, 4.69) is 30.5 Å². The highest BCUT2D eigenvalue weighted by Crippen LogP contribution is 2.19. The second-order valence-electron chi connectivity index (χ2n) is 3.91. The van der Waals surface area contributed by atoms with E-state index >= 15 is 0 Å². The number of hydrogen-bond donors (Lipinski definition) is 1. The zero-order valence-electron chi connectivity index (χ0n) is 10.9. The summed E-state index contributed by atoms with van der Waals surface area (Å²) in [6, 6.07) is 8.14. The van der Waals surface area contributed by atoms with Gasteiger partial charge in [-0.25, -0.2) is 0 Å². The van der Waals surface area contributed by atoms with Crippen LogP contribution in [-0.4, -0.2) is 19.7 Å². The highest BCUT2D eigenvalue weighted by molar-refractivity contribution is 5.57. The Morgan fingerprint density at radius 3 is 2.76 bits per heavy atom. The minimum absolute atomic E-state index is 0.711. The molecule has 0 spiro atoms. The summed E-state index contributed by atoms with van der Waals surface area (Å²) in [6.45, 7) is 7.05. The van der Waals surface area contributed by atoms with Crippen molar-refractivity contribution in [2.45, 2.75) is 26.7 Å². The van der Waals surface area contributed by atoms with Gasteiger partial charge in [0.1, 0.15) is 5.75 Å². The summed E-state index contributed by atoms with van der Waals surface area (Å²) in [4.78, 5) is 0. The lowest BCUT2D eigenvalue weighted by Crippen LogP contribution is -2.14. The average molecular weight is 233 g/mol. The summed E-state index contributed by atoms with van der Waals surface area (Å²) < 4.78 is 5.57. The predicted molar refractivity (Wildman–Crippen MR) is 74.4 cm³/mol. The van der Waals surface area contributed by atoms with Crippen LogP contribution in [0.2, 0.25) is 0 Å². The van der Waals surface area contributed by atoms with Gasteiger partial charge in [-0.2, -0.15) is 0 Å². The number of rotatable bonds is 8. The van der Waals surface area contributed by atoms with E-state index < -0.39 is 0 Å². The molecule has 1 aromatic rings. The van der Waals surface area contributed by atoms with Gasteiger partial charge in [0.2, 0.25) is 0 Å². The molecule has 94 valence electrons. The van der Waals surface area contributed by atoms with Crippen molar-refractivity contribution in [3.63, 3.8) is 0 Å². The first kappa shape index (κ1) is 13.8. The summed E-state index contributed by atoms with van der Waals surface area (Å²) in [5.74, 6) is 0.966. The molecule has 0 aliphatic heterocycles. The third-order valence-corrected chi connectivity index (χ3v) is 2.43. The zero-order valence-corrected chi connectivity index (χ0v) is 10.9. The zero-order chi connectivity index (χ0) is 12.3. The van der Waals surface area contributed by atoms with E-state index in [1.807, 2.05) is 25.1 Å². The second kappa shape index (κ2) is 8.82. The average Bonchev–Trinajstić information content (AvgIpc) is 2.36. The Balaban J connectivity index is 2.41. The Hall–Kier alpha value is -1.28. The molecule has 0 saturated carbocycles. The van der Waals surface area contributed by atoms with Gasteiger partial charge in [-0.15, -0.1) is 0 Å². The molecule has 1 aromatic carbocycles. The van der Waals surface area contributed by atoms with Crippen LogP contribution < -0.4 is 10.1 Å². The van der Waals surface area contributed by atoms with Crippen molar-refractivity contribution >= 4 is 6.08 Å². The van der Waals surface area contributed by atoms with Crippen LogP contribution >= 0.6 is 0 Å². The standard InChI is InChI=1S/C15H23NO/c1-3-12-16-13-8-7-10-14-9-5-6-11-15(14)17-4-2/h5-7,9-11,16H,3-4,8,12-13H2,1-2H3. The van der Waals surface area contributed by atoms with Crippen molar-refractivity contribution in [1.82, 2.24) is 5.32 Å². The molecule has 2 nitrogen and oxygen atoms in total. The van der Waals surface area contributed by atoms with Crippen molar-refractivity contribution in [3.05, 3.63) is 35.9 Å². The molecular formula is C15H23NO. The Kier molecular flexibility index (Phi) is 7.15. The maximum Gasteiger partial charge on any atom is 0.126 e. The largest absolute Gasteiger partial charge is 0.493 e. The molecule has 0 fully saturated rings. The van der Waals surface area contributed by atoms with Crippen LogP contribution in [-0.2, 0) is 0 Å². The monoisotopic (exact) mass is 233 g/mol. The molecule has 0 amide bonds. The quantitative estimate of drug-likeness (QED) is 0.694. The topological polar surface area (TPSA) is 21.3 Å². The van der Waals surface area contributed by atoms with Crippen molar-refractivity contribution in [3.8, 4) is 5.75 Å². The Labute approximate surface area is 105 Å². The molecule has 0 atom stereocenters. The number of benzene rings is 1. The van der Waals surface area contributed by atoms with Crippen LogP contribution in [0.25, 0.3) is 6.08 Å². The van der Waals surface area contributed by atoms with E-state index in [-0.39, 0.29) is 0 Å². The molecule has 0 aliphatic carbocycles. The predicted octanol–water partition coefficient (Wildman–Crippen LogP) is 3.49. The number of hydrogen-bond acceptors (Lipinski definition) is 2. The molecular weight excluding hydrogens is 210 g/mol. The molecule has 0 bridgehead atoms. The summed E-state index contributed by atoms with van der Waals surface area (Å²) in [5, 5.41) is 3.38. The van der Waals surface area contributed by atoms with E-state index in [1.54, 1.807) is 0 Å². The van der Waals surface area contributed by atoms with Crippen LogP contribution in [0.4, 0.5) is 0 Å². The molecule has 0 radical (unpaired) electrons. The van der Waals surface area contributed by atoms with Crippen LogP contribution in [0, 0.1) is 0 Å². The van der Waals surface area contributed by atoms with E-state index in [4.69, 9.17) is 4.74 Å². The van der Waals surface area contributed by atoms with Crippen molar-refractivity contribution < 1.29 is 4.74 Å². The van der Waals surface area contributed by atoms with Crippen molar-refractivity contribution in [2.75, 3.05) is 19.7 Å². The van der Waals surface area contributed by atoms with E-state index in [0.29, 0.717) is 6.61 Å². The van der Waals surface area contributed by atoms with Gasteiger partial charge in [0.05, 0.1) is 6.61 Å². The number of ether oxygens (including phenoxy) is 1. The van der Waals surface area contributed by atoms with Crippen LogP contribution in [0.1, 0.15) is 32.3 Å². The number of para-hydroxylation sites is 1. The lowest BCUT2D eigenvalue weighted by molar-refractivity contribution is 0.339. The number of nitrogens with one attached hydrogen (secondary N) is 1. The first-order chi connectivity index (χ1) is 8.38. The first-order valence-corrected chi connectivity index (χ1v) is 6.47. The second-order valence-corrected chi connectivity index (χ2v) is 3.91. The van der Waals surface area contributed by atoms with Crippen molar-refractivity contribution in [2.24, 2.45) is 0 Å². The van der Waals surface area contributed by atoms with Gasteiger partial charge >= 0.3 is 0 Å². The SMILES string of the molecule is CCCNCCC=Cc1ccccc1OCC. The molecule has 17 heavy (non-hydrogen) atoms. The van der Waals surface area contributed by atoms with E-state index in [9.17, 15) is 0 Å². The Bertz CT molecular complexity index is 333. The maximum absolute atomic E-state index is 5.57. The fraction of sp³-hybridized carbons (Fsp3) is 0.467. The first-order valence-electron chi connectivity index (χ1n) is 6.47. The lowest BCUT2D eigenvalue weighted by Gasteiger charge is -2.06. The van der Waals surface area contributed by atoms with Gasteiger partial charge in [0.15, 0.2) is 0 Å². The molecule has 0 heterocycles. The normalized spacial score (nSPS) is 10.9. The fourth-order valence-electron chi connectivity index (χ4n) is 1.60. The molecule has 0 aliphatic rings. The molecule has 1 N–H and O–H groups in total. The highest BCUT2D eigenvalue weighted by Gasteiger charge is 1.97. The molecule has 0 saturated heterocycles. The summed E-state index contributed by atoms with van der Waals surface area (Å²) in [5.41, 5.74) is 1.16. The smallest absolute Gasteiger partial charge is 0.126 e. The summed E-state index contributed by atoms with van der Waals surface area (Å²) in [7, 11) is 0. The van der Waals surface area contributed by atoms with Gasteiger partial charge in [0.25, 0.3) is 0 Å². The highest BCUT2D eigenvalue weighted by atomic mass is 16.5. The minimum atomic E-state index is 0.711. The Morgan fingerprint density at radius 1 is 1.18 bits per heavy atom. The minimum Gasteiger partial charge on any atom is -0.493 e. The molecule has 1 rings (SSSR count). The summed E-state index contributed by atoms with van der Waals surface area (Å²) >= 11 is 0. The van der Waals surface area contributed by atoms with Gasteiger partial charge in [-0.05, 0) is 38.9 Å². The molecule has 2 heteroatoms. The molecule has 0 unspecified atom stereocenters. The van der Waals surface area contributed by atoms with Gasteiger partial charge in [-0.1, -0.05) is 37.3 Å². The Morgan fingerprint density at radius 2 is 2.00 bits per heavy atom. The van der Waals surface area contributed by atoms with Gasteiger partial charge < -0.3 is 10.1 Å². The molecule has 0 aromatic heterocycles. The third kappa shape index (κ3) is 5.55. The van der Waals surface area contributed by atoms with Crippen molar-refractivity contribution in [1.29, 1.82) is 0 Å².